The van der Waals surface area contributed by atoms with Gasteiger partial charge in [0.2, 0.25) is 0 Å². The molecule has 0 amide bonds. The standard InChI is InChI=1S/C13H16BrN3O/c1-9-12(14)11(17(3)16-9)7-13(2,18)10-5-4-6-15-8-10/h4-6,8,18H,7H2,1-3H3. The predicted octanol–water partition coefficient (Wildman–Crippen LogP) is 2.34. The number of hydrogen-bond acceptors (Lipinski definition) is 3. The van der Waals surface area contributed by atoms with Crippen molar-refractivity contribution in [2.75, 3.05) is 0 Å². The van der Waals surface area contributed by atoms with Crippen LogP contribution in [0.4, 0.5) is 0 Å². The Kier molecular flexibility index (Phi) is 3.54. The van der Waals surface area contributed by atoms with E-state index in [1.165, 1.54) is 0 Å². The highest BCUT2D eigenvalue weighted by Crippen LogP contribution is 2.29. The SMILES string of the molecule is Cc1nn(C)c(CC(C)(O)c2cccnc2)c1Br. The molecule has 0 spiro atoms. The molecule has 4 nitrogen and oxygen atoms in total. The lowest BCUT2D eigenvalue weighted by Crippen LogP contribution is -2.25. The second-order valence-electron chi connectivity index (χ2n) is 4.66. The van der Waals surface area contributed by atoms with Gasteiger partial charge in [-0.15, -0.1) is 0 Å². The molecule has 1 N–H and O–H groups in total. The number of rotatable bonds is 3. The maximum atomic E-state index is 10.6. The van der Waals surface area contributed by atoms with Crippen LogP contribution in [-0.4, -0.2) is 19.9 Å². The minimum atomic E-state index is -0.961. The van der Waals surface area contributed by atoms with Crippen molar-refractivity contribution in [3.63, 3.8) is 0 Å². The van der Waals surface area contributed by atoms with Gasteiger partial charge in [-0.1, -0.05) is 6.07 Å². The molecule has 2 rings (SSSR count). The van der Waals surface area contributed by atoms with E-state index in [1.54, 1.807) is 24.0 Å². The number of aryl methyl sites for hydroxylation is 2. The van der Waals surface area contributed by atoms with Gasteiger partial charge in [0.05, 0.1) is 21.5 Å². The lowest BCUT2D eigenvalue weighted by Gasteiger charge is -2.23. The molecule has 2 aromatic rings. The van der Waals surface area contributed by atoms with Gasteiger partial charge in [-0.2, -0.15) is 5.10 Å². The zero-order chi connectivity index (χ0) is 13.3. The van der Waals surface area contributed by atoms with Crippen LogP contribution in [0.5, 0.6) is 0 Å². The molecule has 2 aromatic heterocycles. The maximum absolute atomic E-state index is 10.6. The Morgan fingerprint density at radius 2 is 2.22 bits per heavy atom. The summed E-state index contributed by atoms with van der Waals surface area (Å²) in [7, 11) is 1.88. The Morgan fingerprint density at radius 1 is 1.50 bits per heavy atom. The summed E-state index contributed by atoms with van der Waals surface area (Å²) in [5.74, 6) is 0. The molecule has 0 saturated carbocycles. The van der Waals surface area contributed by atoms with Gasteiger partial charge in [0.15, 0.2) is 0 Å². The van der Waals surface area contributed by atoms with Crippen molar-refractivity contribution in [1.82, 2.24) is 14.8 Å². The van der Waals surface area contributed by atoms with Gasteiger partial charge in [-0.25, -0.2) is 0 Å². The molecule has 0 bridgehead atoms. The summed E-state index contributed by atoms with van der Waals surface area (Å²) in [5, 5.41) is 14.9. The summed E-state index contributed by atoms with van der Waals surface area (Å²) in [6.45, 7) is 3.73. The number of pyridine rings is 1. The van der Waals surface area contributed by atoms with Gasteiger partial charge >= 0.3 is 0 Å². The van der Waals surface area contributed by atoms with Crippen LogP contribution in [-0.2, 0) is 19.1 Å². The number of halogens is 1. The summed E-state index contributed by atoms with van der Waals surface area (Å²) >= 11 is 3.52. The summed E-state index contributed by atoms with van der Waals surface area (Å²) in [4.78, 5) is 4.05. The number of hydrogen-bond donors (Lipinski definition) is 1. The van der Waals surface area contributed by atoms with Crippen molar-refractivity contribution < 1.29 is 5.11 Å². The average Bonchev–Trinajstić information content (AvgIpc) is 2.57. The second kappa shape index (κ2) is 4.82. The third-order valence-electron chi connectivity index (χ3n) is 3.06. The third kappa shape index (κ3) is 2.47. The van der Waals surface area contributed by atoms with Crippen LogP contribution >= 0.6 is 15.9 Å². The minimum Gasteiger partial charge on any atom is -0.385 e. The molecule has 0 radical (unpaired) electrons. The van der Waals surface area contributed by atoms with Crippen molar-refractivity contribution in [3.05, 3.63) is 46.0 Å². The van der Waals surface area contributed by atoms with Gasteiger partial charge in [-0.05, 0) is 35.8 Å². The van der Waals surface area contributed by atoms with Crippen molar-refractivity contribution in [1.29, 1.82) is 0 Å². The normalized spacial score (nSPS) is 14.5. The second-order valence-corrected chi connectivity index (χ2v) is 5.46. The molecule has 0 aromatic carbocycles. The zero-order valence-corrected chi connectivity index (χ0v) is 12.3. The highest BCUT2D eigenvalue weighted by atomic mass is 79.9. The van der Waals surface area contributed by atoms with E-state index in [-0.39, 0.29) is 0 Å². The minimum absolute atomic E-state index is 0.483. The lowest BCUT2D eigenvalue weighted by molar-refractivity contribution is 0.0551. The third-order valence-corrected chi connectivity index (χ3v) is 4.09. The largest absolute Gasteiger partial charge is 0.385 e. The van der Waals surface area contributed by atoms with Crippen LogP contribution in [0.25, 0.3) is 0 Å². The summed E-state index contributed by atoms with van der Waals surface area (Å²) in [6.07, 6.45) is 3.87. The zero-order valence-electron chi connectivity index (χ0n) is 10.7. The van der Waals surface area contributed by atoms with E-state index in [9.17, 15) is 5.11 Å². The highest BCUT2D eigenvalue weighted by Gasteiger charge is 2.27. The Balaban J connectivity index is 2.33. The molecule has 0 aliphatic carbocycles. The van der Waals surface area contributed by atoms with Gasteiger partial charge < -0.3 is 5.11 Å². The molecular formula is C13H16BrN3O. The number of nitrogens with zero attached hydrogens (tertiary/aromatic N) is 3. The van der Waals surface area contributed by atoms with E-state index in [2.05, 4.69) is 26.0 Å². The van der Waals surface area contributed by atoms with Gasteiger partial charge in [0.25, 0.3) is 0 Å². The molecule has 96 valence electrons. The monoisotopic (exact) mass is 309 g/mol. The van der Waals surface area contributed by atoms with Crippen LogP contribution in [0.2, 0.25) is 0 Å². The molecule has 5 heteroatoms. The first-order valence-electron chi connectivity index (χ1n) is 5.72. The molecule has 0 saturated heterocycles. The molecule has 1 atom stereocenters. The van der Waals surface area contributed by atoms with Crippen LogP contribution in [0.15, 0.2) is 29.0 Å². The summed E-state index contributed by atoms with van der Waals surface area (Å²) < 4.78 is 2.75. The van der Waals surface area contributed by atoms with Crippen LogP contribution < -0.4 is 0 Å². The van der Waals surface area contributed by atoms with Crippen molar-refractivity contribution in [2.24, 2.45) is 7.05 Å². The predicted molar refractivity (Wildman–Crippen MR) is 73.2 cm³/mol. The van der Waals surface area contributed by atoms with Crippen molar-refractivity contribution in [2.45, 2.75) is 25.9 Å². The molecule has 0 aliphatic rings. The van der Waals surface area contributed by atoms with Gasteiger partial charge in [0, 0.05) is 31.4 Å². The molecule has 0 aliphatic heterocycles. The first kappa shape index (κ1) is 13.2. The topological polar surface area (TPSA) is 50.9 Å². The summed E-state index contributed by atoms with van der Waals surface area (Å²) in [6, 6.07) is 3.71. The number of aliphatic hydroxyl groups is 1. The molecule has 0 fully saturated rings. The lowest BCUT2D eigenvalue weighted by atomic mass is 9.92. The highest BCUT2D eigenvalue weighted by molar-refractivity contribution is 9.10. The molecule has 18 heavy (non-hydrogen) atoms. The van der Waals surface area contributed by atoms with Crippen LogP contribution in [0, 0.1) is 6.92 Å². The van der Waals surface area contributed by atoms with E-state index in [0.717, 1.165) is 21.4 Å². The Morgan fingerprint density at radius 3 is 2.72 bits per heavy atom. The van der Waals surface area contributed by atoms with Crippen molar-refractivity contribution in [3.8, 4) is 0 Å². The van der Waals surface area contributed by atoms with Gasteiger partial charge in [-0.3, -0.25) is 9.67 Å². The van der Waals surface area contributed by atoms with E-state index in [1.807, 2.05) is 26.1 Å². The smallest absolute Gasteiger partial charge is 0.0938 e. The van der Waals surface area contributed by atoms with Crippen LogP contribution in [0.3, 0.4) is 0 Å². The Hall–Kier alpha value is -1.20. The van der Waals surface area contributed by atoms with E-state index >= 15 is 0 Å². The van der Waals surface area contributed by atoms with Gasteiger partial charge in [0.1, 0.15) is 0 Å². The summed E-state index contributed by atoms with van der Waals surface area (Å²) in [5.41, 5.74) is 1.74. The fourth-order valence-electron chi connectivity index (χ4n) is 1.98. The van der Waals surface area contributed by atoms with E-state index < -0.39 is 5.60 Å². The van der Waals surface area contributed by atoms with Crippen molar-refractivity contribution >= 4 is 15.9 Å². The van der Waals surface area contributed by atoms with E-state index in [4.69, 9.17) is 0 Å². The Bertz CT molecular complexity index is 549. The molecular weight excluding hydrogens is 294 g/mol. The molecule has 2 heterocycles. The average molecular weight is 310 g/mol. The van der Waals surface area contributed by atoms with Crippen LogP contribution in [0.1, 0.15) is 23.9 Å². The first-order chi connectivity index (χ1) is 8.42. The van der Waals surface area contributed by atoms with E-state index in [0.29, 0.717) is 6.42 Å². The first-order valence-corrected chi connectivity index (χ1v) is 6.52. The quantitative estimate of drug-likeness (QED) is 0.947. The molecule has 1 unspecified atom stereocenters. The number of aromatic nitrogens is 3. The maximum Gasteiger partial charge on any atom is 0.0938 e. The fourth-order valence-corrected chi connectivity index (χ4v) is 2.46. The Labute approximate surface area is 115 Å². The fraction of sp³-hybridized carbons (Fsp3) is 0.385.